The molecule has 2 amide bonds. The molecule has 126 valence electrons. The highest BCUT2D eigenvalue weighted by atomic mass is 16.5. The number of rotatable bonds is 4. The van der Waals surface area contributed by atoms with Crippen LogP contribution in [0.25, 0.3) is 0 Å². The van der Waals surface area contributed by atoms with E-state index in [1.54, 1.807) is 24.3 Å². The van der Waals surface area contributed by atoms with Gasteiger partial charge in [0.05, 0.1) is 12.7 Å². The van der Waals surface area contributed by atoms with Crippen molar-refractivity contribution in [3.63, 3.8) is 0 Å². The average molecular weight is 319 g/mol. The molecule has 1 fully saturated rings. The Kier molecular flexibility index (Phi) is 6.40. The number of hydrogen-bond donors (Lipinski definition) is 1. The summed E-state index contributed by atoms with van der Waals surface area (Å²) in [6.45, 7) is 6.74. The van der Waals surface area contributed by atoms with Crippen LogP contribution < -0.4 is 5.32 Å². The van der Waals surface area contributed by atoms with Crippen LogP contribution in [-0.2, 0) is 4.74 Å². The molecule has 1 aliphatic rings. The number of benzene rings is 1. The first-order valence-electron chi connectivity index (χ1n) is 8.10. The third-order valence-electron chi connectivity index (χ3n) is 3.97. The van der Waals surface area contributed by atoms with Gasteiger partial charge in [0.2, 0.25) is 0 Å². The number of amides is 2. The lowest BCUT2D eigenvalue weighted by molar-refractivity contribution is 0.0601. The second kappa shape index (κ2) is 8.53. The van der Waals surface area contributed by atoms with E-state index in [4.69, 9.17) is 0 Å². The van der Waals surface area contributed by atoms with E-state index in [-0.39, 0.29) is 12.0 Å². The Morgan fingerprint density at radius 2 is 1.87 bits per heavy atom. The first-order valence-corrected chi connectivity index (χ1v) is 8.10. The largest absolute Gasteiger partial charge is 0.465 e. The van der Waals surface area contributed by atoms with Crippen LogP contribution in [-0.4, -0.2) is 61.6 Å². The Bertz CT molecular complexity index is 530. The van der Waals surface area contributed by atoms with E-state index in [0.29, 0.717) is 11.3 Å². The number of anilines is 1. The molecule has 1 aromatic rings. The Morgan fingerprint density at radius 1 is 1.13 bits per heavy atom. The van der Waals surface area contributed by atoms with Gasteiger partial charge in [0, 0.05) is 25.3 Å². The van der Waals surface area contributed by atoms with Gasteiger partial charge in [0.1, 0.15) is 0 Å². The molecule has 0 atom stereocenters. The quantitative estimate of drug-likeness (QED) is 0.866. The third kappa shape index (κ3) is 4.96. The molecular formula is C17H25N3O3. The zero-order valence-electron chi connectivity index (χ0n) is 13.9. The van der Waals surface area contributed by atoms with Gasteiger partial charge in [0.25, 0.3) is 0 Å². The monoisotopic (exact) mass is 319 g/mol. The highest BCUT2D eigenvalue weighted by Crippen LogP contribution is 2.12. The fraction of sp³-hybridized carbons (Fsp3) is 0.529. The molecule has 0 radical (unpaired) electrons. The molecule has 6 nitrogen and oxygen atoms in total. The SMILES string of the molecule is CCCN1CCCN(C(=O)Nc2ccc(C(=O)OC)cc2)CC1. The molecule has 0 bridgehead atoms. The predicted molar refractivity (Wildman–Crippen MR) is 89.7 cm³/mol. The van der Waals surface area contributed by atoms with Crippen molar-refractivity contribution >= 4 is 17.7 Å². The van der Waals surface area contributed by atoms with Crippen LogP contribution in [0.5, 0.6) is 0 Å². The summed E-state index contributed by atoms with van der Waals surface area (Å²) in [5.41, 5.74) is 1.15. The Morgan fingerprint density at radius 3 is 2.52 bits per heavy atom. The van der Waals surface area contributed by atoms with Gasteiger partial charge in [-0.15, -0.1) is 0 Å². The van der Waals surface area contributed by atoms with Crippen LogP contribution in [0.3, 0.4) is 0 Å². The number of methoxy groups -OCH3 is 1. The highest BCUT2D eigenvalue weighted by molar-refractivity contribution is 5.92. The maximum Gasteiger partial charge on any atom is 0.337 e. The van der Waals surface area contributed by atoms with Crippen LogP contribution in [0, 0.1) is 0 Å². The van der Waals surface area contributed by atoms with Crippen LogP contribution in [0.15, 0.2) is 24.3 Å². The van der Waals surface area contributed by atoms with Gasteiger partial charge in [0.15, 0.2) is 0 Å². The summed E-state index contributed by atoms with van der Waals surface area (Å²) in [6, 6.07) is 6.63. The van der Waals surface area contributed by atoms with Crippen LogP contribution in [0.1, 0.15) is 30.1 Å². The standard InChI is InChI=1S/C17H25N3O3/c1-3-9-19-10-4-11-20(13-12-19)17(22)18-15-7-5-14(6-8-15)16(21)23-2/h5-8H,3-4,9-13H2,1-2H3,(H,18,22). The van der Waals surface area contributed by atoms with Crippen LogP contribution in [0.4, 0.5) is 10.5 Å². The topological polar surface area (TPSA) is 61.9 Å². The smallest absolute Gasteiger partial charge is 0.337 e. The van der Waals surface area contributed by atoms with E-state index in [1.165, 1.54) is 7.11 Å². The molecule has 1 N–H and O–H groups in total. The van der Waals surface area contributed by atoms with E-state index >= 15 is 0 Å². The van der Waals surface area contributed by atoms with Crippen molar-refractivity contribution in [1.82, 2.24) is 9.80 Å². The van der Waals surface area contributed by atoms with Crippen molar-refractivity contribution in [2.45, 2.75) is 19.8 Å². The van der Waals surface area contributed by atoms with E-state index in [2.05, 4.69) is 21.9 Å². The summed E-state index contributed by atoms with van der Waals surface area (Å²) in [4.78, 5) is 28.0. The number of ether oxygens (including phenoxy) is 1. The van der Waals surface area contributed by atoms with Crippen molar-refractivity contribution in [3.05, 3.63) is 29.8 Å². The second-order valence-corrected chi connectivity index (χ2v) is 5.68. The van der Waals surface area contributed by atoms with Gasteiger partial charge < -0.3 is 19.9 Å². The second-order valence-electron chi connectivity index (χ2n) is 5.68. The number of nitrogens with one attached hydrogen (secondary N) is 1. The number of carbonyl (C=O) groups excluding carboxylic acids is 2. The molecular weight excluding hydrogens is 294 g/mol. The summed E-state index contributed by atoms with van der Waals surface area (Å²) in [7, 11) is 1.35. The number of urea groups is 1. The summed E-state index contributed by atoms with van der Waals surface area (Å²) in [5, 5.41) is 2.89. The molecule has 2 rings (SSSR count). The highest BCUT2D eigenvalue weighted by Gasteiger charge is 2.18. The molecule has 0 aliphatic carbocycles. The molecule has 23 heavy (non-hydrogen) atoms. The minimum atomic E-state index is -0.383. The van der Waals surface area contributed by atoms with Gasteiger partial charge in [-0.05, 0) is 50.2 Å². The van der Waals surface area contributed by atoms with Crippen molar-refractivity contribution in [2.24, 2.45) is 0 Å². The first kappa shape index (κ1) is 17.3. The van der Waals surface area contributed by atoms with E-state index in [9.17, 15) is 9.59 Å². The van der Waals surface area contributed by atoms with Gasteiger partial charge in [-0.3, -0.25) is 0 Å². The Hall–Kier alpha value is -2.08. The minimum Gasteiger partial charge on any atom is -0.465 e. The molecule has 1 saturated heterocycles. The molecule has 1 aliphatic heterocycles. The lowest BCUT2D eigenvalue weighted by Gasteiger charge is -2.22. The van der Waals surface area contributed by atoms with Crippen LogP contribution >= 0.6 is 0 Å². The number of nitrogens with zero attached hydrogens (tertiary/aromatic N) is 2. The molecule has 1 heterocycles. The fourth-order valence-electron chi connectivity index (χ4n) is 2.72. The predicted octanol–water partition coefficient (Wildman–Crippen LogP) is 2.42. The summed E-state index contributed by atoms with van der Waals surface area (Å²) in [5.74, 6) is -0.383. The normalized spacial score (nSPS) is 15.8. The summed E-state index contributed by atoms with van der Waals surface area (Å²) >= 11 is 0. The van der Waals surface area contributed by atoms with Crippen molar-refractivity contribution in [2.75, 3.05) is 45.2 Å². The number of carbonyl (C=O) groups is 2. The lowest BCUT2D eigenvalue weighted by Crippen LogP contribution is -2.38. The Labute approximate surface area is 137 Å². The summed E-state index contributed by atoms with van der Waals surface area (Å²) < 4.78 is 4.66. The van der Waals surface area contributed by atoms with Gasteiger partial charge in [-0.2, -0.15) is 0 Å². The third-order valence-corrected chi connectivity index (χ3v) is 3.97. The molecule has 0 aromatic heterocycles. The van der Waals surface area contributed by atoms with Crippen molar-refractivity contribution in [1.29, 1.82) is 0 Å². The maximum absolute atomic E-state index is 12.4. The van der Waals surface area contributed by atoms with Gasteiger partial charge in [-0.25, -0.2) is 9.59 Å². The van der Waals surface area contributed by atoms with Gasteiger partial charge >= 0.3 is 12.0 Å². The van der Waals surface area contributed by atoms with E-state index in [0.717, 1.165) is 45.6 Å². The van der Waals surface area contributed by atoms with E-state index < -0.39 is 0 Å². The van der Waals surface area contributed by atoms with Crippen molar-refractivity contribution in [3.8, 4) is 0 Å². The summed E-state index contributed by atoms with van der Waals surface area (Å²) in [6.07, 6.45) is 2.13. The van der Waals surface area contributed by atoms with Crippen molar-refractivity contribution < 1.29 is 14.3 Å². The Balaban J connectivity index is 1.89. The zero-order chi connectivity index (χ0) is 16.7. The fourth-order valence-corrected chi connectivity index (χ4v) is 2.72. The maximum atomic E-state index is 12.4. The minimum absolute atomic E-state index is 0.0887. The number of esters is 1. The van der Waals surface area contributed by atoms with E-state index in [1.807, 2.05) is 4.90 Å². The average Bonchev–Trinajstić information content (AvgIpc) is 2.81. The molecule has 1 aromatic carbocycles. The lowest BCUT2D eigenvalue weighted by atomic mass is 10.2. The van der Waals surface area contributed by atoms with Gasteiger partial charge in [-0.1, -0.05) is 6.92 Å². The molecule has 0 unspecified atom stereocenters. The molecule has 6 heteroatoms. The molecule has 0 saturated carbocycles. The van der Waals surface area contributed by atoms with Crippen LogP contribution in [0.2, 0.25) is 0 Å². The number of hydrogen-bond acceptors (Lipinski definition) is 4. The molecule has 0 spiro atoms. The first-order chi connectivity index (χ1) is 11.1. The zero-order valence-corrected chi connectivity index (χ0v) is 13.9.